The summed E-state index contributed by atoms with van der Waals surface area (Å²) in [4.78, 5) is 23.1. The highest BCUT2D eigenvalue weighted by atomic mass is 32.3. The zero-order valence-corrected chi connectivity index (χ0v) is 15.6. The number of benzene rings is 2. The van der Waals surface area contributed by atoms with Crippen molar-refractivity contribution in [2.24, 2.45) is 0 Å². The molecule has 27 heavy (non-hydrogen) atoms. The number of ether oxygens (including phenoxy) is 1. The van der Waals surface area contributed by atoms with Crippen molar-refractivity contribution in [3.05, 3.63) is 54.6 Å². The molecule has 3 rings (SSSR count). The van der Waals surface area contributed by atoms with E-state index in [1.54, 1.807) is 30.3 Å². The zero-order chi connectivity index (χ0) is 19.4. The molecule has 0 saturated heterocycles. The van der Waals surface area contributed by atoms with E-state index in [9.17, 15) is 18.7 Å². The van der Waals surface area contributed by atoms with Gasteiger partial charge in [-0.15, -0.1) is 0 Å². The van der Waals surface area contributed by atoms with Crippen molar-refractivity contribution in [3.8, 4) is 0 Å². The second kappa shape index (κ2) is 7.87. The van der Waals surface area contributed by atoms with Gasteiger partial charge in [-0.05, 0) is 35.2 Å². The smallest absolute Gasteiger partial charge is 0.407 e. The quantitative estimate of drug-likeness (QED) is 0.692. The standard InChI is InChI=1S/C18H21N3O5S/c1-19-18(23)26-13-15(22)11-12-20-16-9-5-6-10-17(16)21(27(20,24)25)14-7-3-2-4-8-14/h2-10,24-25H,11-13H2,1H3,(H,19,23). The maximum absolute atomic E-state index is 12.0. The molecule has 2 aromatic carbocycles. The maximum Gasteiger partial charge on any atom is 0.407 e. The van der Waals surface area contributed by atoms with E-state index in [1.165, 1.54) is 15.7 Å². The van der Waals surface area contributed by atoms with Gasteiger partial charge in [0.1, 0.15) is 0 Å². The van der Waals surface area contributed by atoms with Crippen molar-refractivity contribution in [1.82, 2.24) is 5.32 Å². The summed E-state index contributed by atoms with van der Waals surface area (Å²) in [6.07, 6.45) is -0.682. The number of ketones is 1. The van der Waals surface area contributed by atoms with E-state index in [0.29, 0.717) is 17.1 Å². The lowest BCUT2D eigenvalue weighted by Gasteiger charge is -2.43. The van der Waals surface area contributed by atoms with Crippen LogP contribution in [0.3, 0.4) is 0 Å². The molecule has 9 heteroatoms. The number of hydrogen-bond donors (Lipinski definition) is 3. The highest BCUT2D eigenvalue weighted by Gasteiger charge is 2.41. The van der Waals surface area contributed by atoms with Crippen molar-refractivity contribution in [3.63, 3.8) is 0 Å². The largest absolute Gasteiger partial charge is 0.442 e. The SMILES string of the molecule is CNC(=O)OCC(=O)CCN1c2ccccc2N(c2ccccc2)S1(O)O. The van der Waals surface area contributed by atoms with E-state index in [-0.39, 0.29) is 25.4 Å². The number of anilines is 3. The van der Waals surface area contributed by atoms with E-state index < -0.39 is 17.1 Å². The van der Waals surface area contributed by atoms with Gasteiger partial charge < -0.3 is 10.1 Å². The summed E-state index contributed by atoms with van der Waals surface area (Å²) in [5, 5.41) is 2.26. The summed E-state index contributed by atoms with van der Waals surface area (Å²) in [7, 11) is -1.97. The van der Waals surface area contributed by atoms with Gasteiger partial charge in [0, 0.05) is 20.0 Å². The molecule has 1 heterocycles. The minimum atomic E-state index is -3.38. The molecule has 8 nitrogen and oxygen atoms in total. The first-order chi connectivity index (χ1) is 12.9. The molecule has 1 amide bonds. The molecule has 1 aliphatic heterocycles. The summed E-state index contributed by atoms with van der Waals surface area (Å²) >= 11 is 0. The Morgan fingerprint density at radius 2 is 1.67 bits per heavy atom. The van der Waals surface area contributed by atoms with Gasteiger partial charge in [0.2, 0.25) is 0 Å². The zero-order valence-electron chi connectivity index (χ0n) is 14.7. The molecular weight excluding hydrogens is 370 g/mol. The van der Waals surface area contributed by atoms with Crippen molar-refractivity contribution >= 4 is 39.9 Å². The predicted octanol–water partition coefficient (Wildman–Crippen LogP) is 3.54. The summed E-state index contributed by atoms with van der Waals surface area (Å²) in [5.41, 5.74) is 1.92. The van der Waals surface area contributed by atoms with Gasteiger partial charge in [0.15, 0.2) is 12.4 Å². The van der Waals surface area contributed by atoms with Crippen LogP contribution in [0.25, 0.3) is 0 Å². The van der Waals surface area contributed by atoms with Gasteiger partial charge >= 0.3 is 6.09 Å². The second-order valence-electron chi connectivity index (χ2n) is 5.83. The van der Waals surface area contributed by atoms with Crippen LogP contribution in [-0.2, 0) is 9.53 Å². The molecule has 0 unspecified atom stereocenters. The maximum atomic E-state index is 12.0. The Balaban J connectivity index is 1.80. The Kier molecular flexibility index (Phi) is 5.54. The van der Waals surface area contributed by atoms with Gasteiger partial charge in [0.25, 0.3) is 0 Å². The van der Waals surface area contributed by atoms with E-state index in [0.717, 1.165) is 0 Å². The molecule has 144 valence electrons. The molecule has 0 radical (unpaired) electrons. The number of amides is 1. The molecule has 0 bridgehead atoms. The topological polar surface area (TPSA) is 102 Å². The second-order valence-corrected chi connectivity index (χ2v) is 7.61. The van der Waals surface area contributed by atoms with Gasteiger partial charge in [-0.3, -0.25) is 18.2 Å². The third-order valence-electron chi connectivity index (χ3n) is 4.06. The molecule has 1 aliphatic rings. The number of nitrogens with one attached hydrogen (secondary N) is 1. The van der Waals surface area contributed by atoms with E-state index >= 15 is 0 Å². The number of hydrogen-bond acceptors (Lipinski definition) is 7. The van der Waals surface area contributed by atoms with Crippen LogP contribution in [0.4, 0.5) is 21.9 Å². The Morgan fingerprint density at radius 1 is 1.04 bits per heavy atom. The van der Waals surface area contributed by atoms with Crippen LogP contribution in [0.5, 0.6) is 0 Å². The highest BCUT2D eigenvalue weighted by Crippen LogP contribution is 2.63. The molecule has 0 spiro atoms. The van der Waals surface area contributed by atoms with Crippen LogP contribution in [-0.4, -0.2) is 41.2 Å². The Bertz CT molecular complexity index is 831. The number of carbonyl (C=O) groups excluding carboxylic acids is 2. The minimum absolute atomic E-state index is 0.00380. The number of para-hydroxylation sites is 3. The molecule has 0 atom stereocenters. The number of alkyl carbamates (subject to hydrolysis) is 1. The van der Waals surface area contributed by atoms with Gasteiger partial charge in [-0.25, -0.2) is 9.10 Å². The lowest BCUT2D eigenvalue weighted by atomic mass is 10.2. The summed E-state index contributed by atoms with van der Waals surface area (Å²) in [5.74, 6) is -0.315. The van der Waals surface area contributed by atoms with Crippen LogP contribution in [0.2, 0.25) is 0 Å². The number of nitrogens with zero attached hydrogens (tertiary/aromatic N) is 2. The molecule has 3 N–H and O–H groups in total. The van der Waals surface area contributed by atoms with Crippen LogP contribution >= 0.6 is 11.0 Å². The lowest BCUT2D eigenvalue weighted by Crippen LogP contribution is -2.33. The van der Waals surface area contributed by atoms with Crippen molar-refractivity contribution in [2.75, 3.05) is 28.8 Å². The first kappa shape index (κ1) is 19.0. The molecule has 0 aromatic heterocycles. The van der Waals surface area contributed by atoms with Gasteiger partial charge in [-0.1, -0.05) is 30.3 Å². The van der Waals surface area contributed by atoms with Crippen LogP contribution in [0.1, 0.15) is 6.42 Å². The van der Waals surface area contributed by atoms with E-state index in [4.69, 9.17) is 4.74 Å². The third kappa shape index (κ3) is 3.85. The normalized spacial score (nSPS) is 15.8. The average molecular weight is 391 g/mol. The first-order valence-electron chi connectivity index (χ1n) is 8.31. The Hall–Kier alpha value is -2.75. The number of fused-ring (bicyclic) bond motifs is 1. The monoisotopic (exact) mass is 391 g/mol. The Labute approximate surface area is 159 Å². The van der Waals surface area contributed by atoms with Crippen molar-refractivity contribution in [2.45, 2.75) is 6.42 Å². The fourth-order valence-electron chi connectivity index (χ4n) is 2.81. The fourth-order valence-corrected chi connectivity index (χ4v) is 4.59. The molecular formula is C18H21N3O5S. The summed E-state index contributed by atoms with van der Waals surface area (Å²) < 4.78 is 29.5. The van der Waals surface area contributed by atoms with Gasteiger partial charge in [-0.2, -0.15) is 0 Å². The van der Waals surface area contributed by atoms with Crippen molar-refractivity contribution in [1.29, 1.82) is 0 Å². The molecule has 0 fully saturated rings. The first-order valence-corrected chi connectivity index (χ1v) is 9.77. The number of carbonyl (C=O) groups is 2. The van der Waals surface area contributed by atoms with Crippen LogP contribution < -0.4 is 13.9 Å². The summed E-state index contributed by atoms with van der Waals surface area (Å²) in [6, 6.07) is 16.2. The third-order valence-corrected chi connectivity index (χ3v) is 5.93. The average Bonchev–Trinajstić information content (AvgIpc) is 2.90. The minimum Gasteiger partial charge on any atom is -0.442 e. The fraction of sp³-hybridized carbons (Fsp3) is 0.222. The number of Topliss-reactive ketones (excluding diaryl/α,β-unsaturated/α-hetero) is 1. The Morgan fingerprint density at radius 3 is 2.33 bits per heavy atom. The van der Waals surface area contributed by atoms with Crippen molar-refractivity contribution < 1.29 is 23.4 Å². The van der Waals surface area contributed by atoms with Crippen LogP contribution in [0.15, 0.2) is 54.6 Å². The van der Waals surface area contributed by atoms with E-state index in [2.05, 4.69) is 5.32 Å². The molecule has 2 aromatic rings. The van der Waals surface area contributed by atoms with E-state index in [1.807, 2.05) is 24.3 Å². The lowest BCUT2D eigenvalue weighted by molar-refractivity contribution is -0.121. The number of rotatable bonds is 6. The van der Waals surface area contributed by atoms with Crippen LogP contribution in [0, 0.1) is 0 Å². The predicted molar refractivity (Wildman–Crippen MR) is 105 cm³/mol. The summed E-state index contributed by atoms with van der Waals surface area (Å²) in [6.45, 7) is -0.282. The molecule has 0 saturated carbocycles. The highest BCUT2D eigenvalue weighted by molar-refractivity contribution is 8.27. The molecule has 0 aliphatic carbocycles. The van der Waals surface area contributed by atoms with Gasteiger partial charge in [0.05, 0.1) is 17.1 Å².